The molecule has 1 aromatic carbocycles. The average molecular weight is 447 g/mol. The smallest absolute Gasteiger partial charge is 0.244 e. The molecule has 0 amide bonds. The normalized spacial score (nSPS) is 16.0. The van der Waals surface area contributed by atoms with E-state index in [4.69, 9.17) is 12.2 Å². The van der Waals surface area contributed by atoms with Gasteiger partial charge in [-0.25, -0.2) is 13.1 Å². The molecule has 0 radical (unpaired) electrons. The third-order valence-corrected chi connectivity index (χ3v) is 7.88. The van der Waals surface area contributed by atoms with E-state index in [1.165, 1.54) is 16.4 Å². The summed E-state index contributed by atoms with van der Waals surface area (Å²) in [6.07, 6.45) is 0. The van der Waals surface area contributed by atoms with Crippen LogP contribution in [0.2, 0.25) is 0 Å². The van der Waals surface area contributed by atoms with Crippen LogP contribution in [0.25, 0.3) is 10.7 Å². The summed E-state index contributed by atoms with van der Waals surface area (Å²) in [5, 5.41) is 14.4. The number of nitrogens with zero attached hydrogens (tertiary/aromatic N) is 5. The van der Waals surface area contributed by atoms with Crippen molar-refractivity contribution in [3.63, 3.8) is 0 Å². The lowest BCUT2D eigenvalue weighted by Gasteiger charge is -2.33. The van der Waals surface area contributed by atoms with E-state index in [-0.39, 0.29) is 10.5 Å². The minimum Gasteiger partial charge on any atom is -0.282 e. The number of benzene rings is 1. The Bertz CT molecular complexity index is 1200. The van der Waals surface area contributed by atoms with Crippen LogP contribution < -0.4 is 0 Å². The summed E-state index contributed by atoms with van der Waals surface area (Å²) in [7, 11) is -3.70. The van der Waals surface area contributed by atoms with Crippen LogP contribution in [0.5, 0.6) is 0 Å². The fourth-order valence-electron chi connectivity index (χ4n) is 3.21. The van der Waals surface area contributed by atoms with Crippen molar-refractivity contribution in [3.8, 4) is 16.8 Å². The molecule has 2 aromatic heterocycles. The zero-order chi connectivity index (χ0) is 20.4. The van der Waals surface area contributed by atoms with Gasteiger partial charge in [0.25, 0.3) is 0 Å². The van der Waals surface area contributed by atoms with Crippen molar-refractivity contribution in [2.24, 2.45) is 0 Å². The van der Waals surface area contributed by atoms with Crippen LogP contribution in [-0.2, 0) is 16.7 Å². The Hall–Kier alpha value is -2.36. The Morgan fingerprint density at radius 2 is 1.93 bits per heavy atom. The second-order valence-electron chi connectivity index (χ2n) is 6.53. The number of thiophene rings is 1. The Balaban J connectivity index is 1.44. The highest BCUT2D eigenvalue weighted by molar-refractivity contribution is 7.89. The topological polar surface area (TPSA) is 98.0 Å². The Labute approximate surface area is 177 Å². The molecule has 11 heteroatoms. The number of aromatic nitrogens is 3. The first-order valence-electron chi connectivity index (χ1n) is 8.91. The van der Waals surface area contributed by atoms with Crippen molar-refractivity contribution in [1.82, 2.24) is 24.0 Å². The maximum atomic E-state index is 12.9. The Kier molecular flexibility index (Phi) is 5.62. The lowest BCUT2D eigenvalue weighted by molar-refractivity contribution is 0.145. The van der Waals surface area contributed by atoms with E-state index in [2.05, 4.69) is 15.0 Å². The number of sulfonamides is 1. The van der Waals surface area contributed by atoms with Gasteiger partial charge in [-0.2, -0.15) is 14.6 Å². The van der Waals surface area contributed by atoms with Crippen molar-refractivity contribution < 1.29 is 8.42 Å². The number of aromatic amines is 1. The molecule has 1 saturated heterocycles. The zero-order valence-corrected chi connectivity index (χ0v) is 17.8. The first kappa shape index (κ1) is 19.9. The van der Waals surface area contributed by atoms with Gasteiger partial charge in [0.05, 0.1) is 22.0 Å². The van der Waals surface area contributed by atoms with Crippen LogP contribution in [0.4, 0.5) is 0 Å². The maximum Gasteiger partial charge on any atom is 0.244 e. The predicted molar refractivity (Wildman–Crippen MR) is 112 cm³/mol. The lowest BCUT2D eigenvalue weighted by atomic mass is 10.2. The molecule has 0 saturated carbocycles. The van der Waals surface area contributed by atoms with Crippen molar-refractivity contribution in [3.05, 3.63) is 52.1 Å². The van der Waals surface area contributed by atoms with Gasteiger partial charge < -0.3 is 0 Å². The standard InChI is InChI=1S/C18H18N6O2S3/c19-12-14-4-1-2-6-16(14)29(25,26)23-9-7-22(8-10-23)13-24-18(27)20-17(21-24)15-5-3-11-28-15/h1-6,11H,7-10,13H2,(H,20,21,27). The number of nitrogens with one attached hydrogen (secondary N) is 1. The molecule has 1 aliphatic rings. The molecule has 3 aromatic rings. The van der Waals surface area contributed by atoms with Crippen LogP contribution in [-0.4, -0.2) is 58.6 Å². The Morgan fingerprint density at radius 3 is 2.62 bits per heavy atom. The van der Waals surface area contributed by atoms with E-state index in [1.54, 1.807) is 28.2 Å². The summed E-state index contributed by atoms with van der Waals surface area (Å²) in [5.41, 5.74) is 0.166. The van der Waals surface area contributed by atoms with Gasteiger partial charge in [0.1, 0.15) is 6.07 Å². The van der Waals surface area contributed by atoms with Gasteiger partial charge in [-0.05, 0) is 35.8 Å². The number of nitriles is 1. The van der Waals surface area contributed by atoms with E-state index in [0.717, 1.165) is 10.7 Å². The minimum atomic E-state index is -3.70. The van der Waals surface area contributed by atoms with Gasteiger partial charge in [0.15, 0.2) is 5.82 Å². The monoisotopic (exact) mass is 446 g/mol. The van der Waals surface area contributed by atoms with Gasteiger partial charge in [0, 0.05) is 26.2 Å². The summed E-state index contributed by atoms with van der Waals surface area (Å²) in [6.45, 7) is 2.33. The molecular formula is C18H18N6O2S3. The number of hydrogen-bond donors (Lipinski definition) is 1. The average Bonchev–Trinajstić information content (AvgIpc) is 3.39. The fraction of sp³-hybridized carbons (Fsp3) is 0.278. The number of H-pyrrole nitrogens is 1. The molecule has 1 aliphatic heterocycles. The molecule has 3 heterocycles. The second kappa shape index (κ2) is 8.17. The molecule has 0 aliphatic carbocycles. The summed E-state index contributed by atoms with van der Waals surface area (Å²) in [5.74, 6) is 0.735. The van der Waals surface area contributed by atoms with Crippen molar-refractivity contribution in [2.45, 2.75) is 11.6 Å². The fourth-order valence-corrected chi connectivity index (χ4v) is 5.63. The van der Waals surface area contributed by atoms with Crippen LogP contribution in [0.15, 0.2) is 46.7 Å². The lowest BCUT2D eigenvalue weighted by Crippen LogP contribution is -2.49. The number of rotatable bonds is 5. The highest BCUT2D eigenvalue weighted by Gasteiger charge is 2.30. The van der Waals surface area contributed by atoms with E-state index >= 15 is 0 Å². The van der Waals surface area contributed by atoms with Gasteiger partial charge in [-0.3, -0.25) is 10.00 Å². The quantitative estimate of drug-likeness (QED) is 0.605. The molecule has 0 spiro atoms. The van der Waals surface area contributed by atoms with Crippen LogP contribution >= 0.6 is 23.6 Å². The molecule has 1 fully saturated rings. The number of hydrogen-bond acceptors (Lipinski definition) is 7. The van der Waals surface area contributed by atoms with Gasteiger partial charge >= 0.3 is 0 Å². The minimum absolute atomic E-state index is 0.0623. The molecular weight excluding hydrogens is 428 g/mol. The third kappa shape index (κ3) is 4.03. The predicted octanol–water partition coefficient (Wildman–Crippen LogP) is 2.50. The third-order valence-electron chi connectivity index (χ3n) is 4.73. The Morgan fingerprint density at radius 1 is 1.17 bits per heavy atom. The molecule has 29 heavy (non-hydrogen) atoms. The SMILES string of the molecule is N#Cc1ccccc1S(=O)(=O)N1CCN(Cn2[nH]c(-c3cccs3)nc2=S)CC1. The van der Waals surface area contributed by atoms with Crippen LogP contribution in [0.3, 0.4) is 0 Å². The number of piperazine rings is 1. The largest absolute Gasteiger partial charge is 0.282 e. The molecule has 0 atom stereocenters. The van der Waals surface area contributed by atoms with E-state index in [9.17, 15) is 13.7 Å². The summed E-state index contributed by atoms with van der Waals surface area (Å²) < 4.78 is 29.6. The highest BCUT2D eigenvalue weighted by Crippen LogP contribution is 2.22. The molecule has 0 unspecified atom stereocenters. The van der Waals surface area contributed by atoms with E-state index < -0.39 is 10.0 Å². The summed E-state index contributed by atoms with van der Waals surface area (Å²) in [6, 6.07) is 12.2. The second-order valence-corrected chi connectivity index (χ2v) is 9.75. The molecule has 150 valence electrons. The zero-order valence-electron chi connectivity index (χ0n) is 15.4. The molecule has 8 nitrogen and oxygen atoms in total. The summed E-state index contributed by atoms with van der Waals surface area (Å²) >= 11 is 6.94. The van der Waals surface area contributed by atoms with Gasteiger partial charge in [-0.15, -0.1) is 11.3 Å². The van der Waals surface area contributed by atoms with Crippen LogP contribution in [0.1, 0.15) is 5.56 Å². The van der Waals surface area contributed by atoms with Gasteiger partial charge in [-0.1, -0.05) is 18.2 Å². The van der Waals surface area contributed by atoms with Crippen LogP contribution in [0, 0.1) is 16.1 Å². The van der Waals surface area contributed by atoms with Crippen molar-refractivity contribution in [2.75, 3.05) is 26.2 Å². The van der Waals surface area contributed by atoms with E-state index in [0.29, 0.717) is 37.6 Å². The van der Waals surface area contributed by atoms with Crippen molar-refractivity contribution in [1.29, 1.82) is 5.26 Å². The summed E-state index contributed by atoms with van der Waals surface area (Å²) in [4.78, 5) is 7.60. The first-order valence-corrected chi connectivity index (χ1v) is 11.6. The first-order chi connectivity index (χ1) is 14.0. The molecule has 4 rings (SSSR count). The van der Waals surface area contributed by atoms with Crippen molar-refractivity contribution >= 4 is 33.6 Å². The van der Waals surface area contributed by atoms with E-state index in [1.807, 2.05) is 23.6 Å². The highest BCUT2D eigenvalue weighted by atomic mass is 32.2. The maximum absolute atomic E-state index is 12.9. The molecule has 0 bridgehead atoms. The van der Waals surface area contributed by atoms with Gasteiger partial charge in [0.2, 0.25) is 14.8 Å². The molecule has 1 N–H and O–H groups in total.